The molecular weight excluding hydrogens is 244 g/mol. The summed E-state index contributed by atoms with van der Waals surface area (Å²) < 4.78 is 4.89. The number of fused-ring (bicyclic) bond motifs is 1. The van der Waals surface area contributed by atoms with Crippen molar-refractivity contribution in [1.82, 2.24) is 10.5 Å². The molecule has 18 heavy (non-hydrogen) atoms. The van der Waals surface area contributed by atoms with Crippen LogP contribution in [0.25, 0.3) is 0 Å². The topological polar surface area (TPSA) is 133 Å². The van der Waals surface area contributed by atoms with E-state index in [0.29, 0.717) is 18.7 Å². The molecule has 0 aromatic carbocycles. The van der Waals surface area contributed by atoms with E-state index in [-0.39, 0.29) is 5.56 Å². The summed E-state index contributed by atoms with van der Waals surface area (Å²) in [4.78, 5) is 30.0. The molecule has 0 amide bonds. The van der Waals surface area contributed by atoms with Crippen LogP contribution in [0.1, 0.15) is 11.3 Å². The second-order valence-corrected chi connectivity index (χ2v) is 3.37. The van der Waals surface area contributed by atoms with Gasteiger partial charge in [-0.25, -0.2) is 9.59 Å². The molecule has 2 heterocycles. The van der Waals surface area contributed by atoms with Crippen molar-refractivity contribution in [3.05, 3.63) is 33.8 Å². The number of carboxylic acid groups (broad SMARTS) is 2. The van der Waals surface area contributed by atoms with Crippen LogP contribution in [0.4, 0.5) is 0 Å². The minimum atomic E-state index is -1.26. The number of H-pyrrole nitrogens is 1. The number of hydrogen-bond donors (Lipinski definition) is 4. The largest absolute Gasteiger partial charge is 0.478 e. The molecule has 1 aliphatic heterocycles. The molecule has 8 heteroatoms. The molecule has 0 atom stereocenters. The third kappa shape index (κ3) is 4.26. The maximum absolute atomic E-state index is 10.9. The van der Waals surface area contributed by atoms with Crippen LogP contribution in [0.15, 0.2) is 21.5 Å². The molecule has 2 rings (SSSR count). The summed E-state index contributed by atoms with van der Waals surface area (Å²) in [5.41, 5.74) is 0.732. The Labute approximate surface area is 101 Å². The first kappa shape index (κ1) is 13.7. The molecule has 0 bridgehead atoms. The molecule has 0 radical (unpaired) electrons. The minimum absolute atomic E-state index is 0.0727. The van der Waals surface area contributed by atoms with E-state index in [2.05, 4.69) is 10.5 Å². The van der Waals surface area contributed by atoms with E-state index < -0.39 is 11.9 Å². The van der Waals surface area contributed by atoms with Gasteiger partial charge in [0.25, 0.3) is 5.56 Å². The molecule has 1 aromatic heterocycles. The predicted octanol–water partition coefficient (Wildman–Crippen LogP) is -0.675. The highest BCUT2D eigenvalue weighted by Gasteiger charge is 2.15. The van der Waals surface area contributed by atoms with Gasteiger partial charge in [-0.3, -0.25) is 4.79 Å². The first-order valence-electron chi connectivity index (χ1n) is 5.04. The van der Waals surface area contributed by atoms with E-state index in [1.54, 1.807) is 0 Å². The van der Waals surface area contributed by atoms with Gasteiger partial charge in [0.15, 0.2) is 5.76 Å². The molecule has 98 valence electrons. The van der Waals surface area contributed by atoms with Gasteiger partial charge in [-0.05, 0) is 13.0 Å². The lowest BCUT2D eigenvalue weighted by Crippen LogP contribution is -2.25. The first-order chi connectivity index (χ1) is 8.50. The van der Waals surface area contributed by atoms with Crippen molar-refractivity contribution in [3.8, 4) is 0 Å². The summed E-state index contributed by atoms with van der Waals surface area (Å²) in [6.45, 7) is 1.55. The standard InChI is InChI=1S/C6H8N2O2.C4H4O4/c9-6-4-1-2-7-3-5(4)10-8-6;5-3(6)1-2-4(7)8/h7H,1-3H2,(H,8,9);1-2H,(H,5,6)(H,7,8)/b;2-1+. The van der Waals surface area contributed by atoms with Crippen molar-refractivity contribution in [3.63, 3.8) is 0 Å². The number of aliphatic carboxylic acids is 2. The van der Waals surface area contributed by atoms with Crippen LogP contribution in [0.3, 0.4) is 0 Å². The molecule has 0 saturated carbocycles. The Balaban J connectivity index is 0.000000187. The van der Waals surface area contributed by atoms with E-state index in [0.717, 1.165) is 24.3 Å². The second-order valence-electron chi connectivity index (χ2n) is 3.37. The third-order valence-electron chi connectivity index (χ3n) is 2.08. The van der Waals surface area contributed by atoms with Crippen molar-refractivity contribution >= 4 is 11.9 Å². The number of carbonyl (C=O) groups is 2. The van der Waals surface area contributed by atoms with E-state index in [4.69, 9.17) is 14.7 Å². The van der Waals surface area contributed by atoms with E-state index in [1.807, 2.05) is 0 Å². The van der Waals surface area contributed by atoms with Crippen LogP contribution in [0.2, 0.25) is 0 Å². The molecule has 4 N–H and O–H groups in total. The van der Waals surface area contributed by atoms with Crippen LogP contribution in [-0.4, -0.2) is 33.9 Å². The Hall–Kier alpha value is -2.35. The molecule has 1 aromatic rings. The van der Waals surface area contributed by atoms with Crippen molar-refractivity contribution in [2.75, 3.05) is 6.54 Å². The molecule has 8 nitrogen and oxygen atoms in total. The fourth-order valence-corrected chi connectivity index (χ4v) is 1.31. The molecule has 0 unspecified atom stereocenters. The summed E-state index contributed by atoms with van der Waals surface area (Å²) in [7, 11) is 0. The number of aromatic nitrogens is 1. The maximum Gasteiger partial charge on any atom is 0.328 e. The first-order valence-corrected chi connectivity index (χ1v) is 5.04. The van der Waals surface area contributed by atoms with Gasteiger partial charge in [0.1, 0.15) is 0 Å². The van der Waals surface area contributed by atoms with E-state index in [1.165, 1.54) is 0 Å². The predicted molar refractivity (Wildman–Crippen MR) is 59.2 cm³/mol. The van der Waals surface area contributed by atoms with Crippen molar-refractivity contribution in [2.45, 2.75) is 13.0 Å². The normalized spacial score (nSPS) is 13.6. The number of carboxylic acids is 2. The quantitative estimate of drug-likeness (QED) is 0.515. The van der Waals surface area contributed by atoms with Gasteiger partial charge in [0.05, 0.1) is 12.1 Å². The van der Waals surface area contributed by atoms with Crippen LogP contribution < -0.4 is 10.9 Å². The van der Waals surface area contributed by atoms with Crippen LogP contribution in [0, 0.1) is 0 Å². The van der Waals surface area contributed by atoms with E-state index in [9.17, 15) is 14.4 Å². The highest BCUT2D eigenvalue weighted by atomic mass is 16.5. The van der Waals surface area contributed by atoms with Gasteiger partial charge >= 0.3 is 11.9 Å². The van der Waals surface area contributed by atoms with Gasteiger partial charge in [-0.2, -0.15) is 5.16 Å². The summed E-state index contributed by atoms with van der Waals surface area (Å²) >= 11 is 0. The zero-order valence-electron chi connectivity index (χ0n) is 9.30. The number of nitrogens with one attached hydrogen (secondary N) is 2. The Morgan fingerprint density at radius 3 is 2.33 bits per heavy atom. The van der Waals surface area contributed by atoms with Gasteiger partial charge < -0.3 is 20.1 Å². The smallest absolute Gasteiger partial charge is 0.328 e. The van der Waals surface area contributed by atoms with Crippen molar-refractivity contribution in [1.29, 1.82) is 0 Å². The Morgan fingerprint density at radius 1 is 1.22 bits per heavy atom. The van der Waals surface area contributed by atoms with Gasteiger partial charge in [0, 0.05) is 12.2 Å². The average Bonchev–Trinajstić information content (AvgIpc) is 2.70. The summed E-state index contributed by atoms with van der Waals surface area (Å²) in [5.74, 6) is -1.75. The van der Waals surface area contributed by atoms with Crippen LogP contribution in [-0.2, 0) is 22.6 Å². The van der Waals surface area contributed by atoms with Crippen LogP contribution >= 0.6 is 0 Å². The number of rotatable bonds is 2. The Kier molecular flexibility index (Phi) is 4.88. The SMILES string of the molecule is O=C(O)/C=C/C(=O)O.O=c1[nH]oc2c1CCNC2. The lowest BCUT2D eigenvalue weighted by atomic mass is 10.1. The summed E-state index contributed by atoms with van der Waals surface area (Å²) in [6.07, 6.45) is 1.89. The number of hydrogen-bond acceptors (Lipinski definition) is 5. The fraction of sp³-hybridized carbons (Fsp3) is 0.300. The lowest BCUT2D eigenvalue weighted by Gasteiger charge is -2.07. The highest BCUT2D eigenvalue weighted by Crippen LogP contribution is 2.06. The molecular formula is C10H12N2O6. The molecule has 0 fully saturated rings. The van der Waals surface area contributed by atoms with Gasteiger partial charge in [-0.15, -0.1) is 0 Å². The molecule has 0 spiro atoms. The second kappa shape index (κ2) is 6.40. The maximum atomic E-state index is 10.9. The average molecular weight is 256 g/mol. The fourth-order valence-electron chi connectivity index (χ4n) is 1.31. The molecule has 0 saturated heterocycles. The third-order valence-corrected chi connectivity index (χ3v) is 2.08. The van der Waals surface area contributed by atoms with Gasteiger partial charge in [0.2, 0.25) is 0 Å². The molecule has 1 aliphatic rings. The monoisotopic (exact) mass is 256 g/mol. The van der Waals surface area contributed by atoms with Crippen molar-refractivity contribution < 1.29 is 24.3 Å². The van der Waals surface area contributed by atoms with E-state index >= 15 is 0 Å². The van der Waals surface area contributed by atoms with Crippen molar-refractivity contribution in [2.24, 2.45) is 0 Å². The zero-order chi connectivity index (χ0) is 13.5. The lowest BCUT2D eigenvalue weighted by molar-refractivity contribution is -0.134. The summed E-state index contributed by atoms with van der Waals surface area (Å²) in [5, 5.41) is 21.0. The highest BCUT2D eigenvalue weighted by molar-refractivity contribution is 5.89. The Bertz CT molecular complexity index is 497. The van der Waals surface area contributed by atoms with Gasteiger partial charge in [-0.1, -0.05) is 0 Å². The number of aromatic amines is 1. The molecule has 0 aliphatic carbocycles. The summed E-state index contributed by atoms with van der Waals surface area (Å²) in [6, 6.07) is 0. The minimum Gasteiger partial charge on any atom is -0.478 e. The van der Waals surface area contributed by atoms with Crippen LogP contribution in [0.5, 0.6) is 0 Å². The zero-order valence-corrected chi connectivity index (χ0v) is 9.30. The Morgan fingerprint density at radius 2 is 1.83 bits per heavy atom.